The van der Waals surface area contributed by atoms with Gasteiger partial charge >= 0.3 is 11.9 Å². The first kappa shape index (κ1) is 25.7. The number of amides is 2. The van der Waals surface area contributed by atoms with Gasteiger partial charge in [0.05, 0.1) is 18.4 Å². The van der Waals surface area contributed by atoms with Gasteiger partial charge in [-0.2, -0.15) is 0 Å². The fourth-order valence-electron chi connectivity index (χ4n) is 3.37. The summed E-state index contributed by atoms with van der Waals surface area (Å²) in [5.41, 5.74) is 8.10. The quantitative estimate of drug-likeness (QED) is 0.335. The van der Waals surface area contributed by atoms with E-state index in [4.69, 9.17) is 15.3 Å². The van der Waals surface area contributed by atoms with Gasteiger partial charge in [0.2, 0.25) is 11.8 Å². The number of fused-ring (bicyclic) bond motifs is 1. The van der Waals surface area contributed by atoms with Crippen molar-refractivity contribution in [2.45, 2.75) is 19.6 Å². The maximum absolute atomic E-state index is 12.3. The molecule has 4 aromatic rings. The summed E-state index contributed by atoms with van der Waals surface area (Å²) in [4.78, 5) is 51.7. The molecule has 0 atom stereocenters. The number of aromatic nitrogens is 3. The predicted octanol–water partition coefficient (Wildman–Crippen LogP) is 2.55. The first-order valence-corrected chi connectivity index (χ1v) is 11.4. The molecule has 1 aliphatic heterocycles. The van der Waals surface area contributed by atoms with Gasteiger partial charge in [-0.25, -0.2) is 14.8 Å². The van der Waals surface area contributed by atoms with Crippen LogP contribution in [0, 0.1) is 0 Å². The van der Waals surface area contributed by atoms with Crippen molar-refractivity contribution >= 4 is 30.0 Å². The molecule has 0 spiro atoms. The predicted molar refractivity (Wildman–Crippen MR) is 135 cm³/mol. The Hall–Kier alpha value is -5.39. The third-order valence-electron chi connectivity index (χ3n) is 5.32. The largest absolute Gasteiger partial charge is 0.478 e. The summed E-state index contributed by atoms with van der Waals surface area (Å²) >= 11 is 0. The van der Waals surface area contributed by atoms with Crippen LogP contribution in [0.1, 0.15) is 48.2 Å². The number of nitrogens with two attached hydrogens (primary N) is 1. The molecule has 12 heteroatoms. The van der Waals surface area contributed by atoms with E-state index in [0.29, 0.717) is 36.8 Å². The van der Waals surface area contributed by atoms with Crippen LogP contribution in [0.25, 0.3) is 0 Å². The monoisotopic (exact) mass is 513 g/mol. The molecule has 0 saturated carbocycles. The van der Waals surface area contributed by atoms with Gasteiger partial charge in [0.25, 0.3) is 5.89 Å². The molecule has 0 bridgehead atoms. The van der Waals surface area contributed by atoms with E-state index in [1.807, 2.05) is 17.0 Å². The van der Waals surface area contributed by atoms with Crippen molar-refractivity contribution in [1.82, 2.24) is 25.2 Å². The number of primary amides is 1. The number of hydrogen-bond acceptors (Lipinski definition) is 9. The van der Waals surface area contributed by atoms with E-state index in [2.05, 4.69) is 25.3 Å². The fourth-order valence-corrected chi connectivity index (χ4v) is 3.37. The molecule has 0 aliphatic carbocycles. The van der Waals surface area contributed by atoms with Crippen molar-refractivity contribution < 1.29 is 23.9 Å². The van der Waals surface area contributed by atoms with E-state index in [0.717, 1.165) is 11.1 Å². The highest BCUT2D eigenvalue weighted by Gasteiger charge is 2.22. The van der Waals surface area contributed by atoms with E-state index >= 15 is 0 Å². The van der Waals surface area contributed by atoms with Gasteiger partial charge in [-0.15, -0.1) is 0 Å². The number of aliphatic imine (C=N–C) groups is 1. The second-order valence-corrected chi connectivity index (χ2v) is 8.06. The molecule has 192 valence electrons. The summed E-state index contributed by atoms with van der Waals surface area (Å²) in [6.45, 7) is 1.30. The van der Waals surface area contributed by atoms with E-state index in [1.54, 1.807) is 55.1 Å². The number of pyridine rings is 2. The van der Waals surface area contributed by atoms with Crippen LogP contribution in [0.4, 0.5) is 5.88 Å². The van der Waals surface area contributed by atoms with Crippen LogP contribution >= 0.6 is 0 Å². The number of nitrogens with zero attached hydrogens (tertiary/aromatic N) is 5. The molecule has 38 heavy (non-hydrogen) atoms. The van der Waals surface area contributed by atoms with Gasteiger partial charge in [0, 0.05) is 43.4 Å². The van der Waals surface area contributed by atoms with E-state index in [9.17, 15) is 14.4 Å². The molecule has 0 fully saturated rings. The Bertz CT molecular complexity index is 1440. The van der Waals surface area contributed by atoms with Gasteiger partial charge in [0.15, 0.2) is 0 Å². The van der Waals surface area contributed by atoms with Crippen LogP contribution in [-0.2, 0) is 19.6 Å². The van der Waals surface area contributed by atoms with E-state index in [1.165, 1.54) is 12.4 Å². The van der Waals surface area contributed by atoms with Crippen LogP contribution in [0.2, 0.25) is 0 Å². The van der Waals surface area contributed by atoms with Crippen molar-refractivity contribution in [1.29, 1.82) is 0 Å². The third-order valence-corrected chi connectivity index (χ3v) is 5.32. The Labute approximate surface area is 216 Å². The Balaban J connectivity index is 0.000000317. The normalized spacial score (nSPS) is 11.6. The van der Waals surface area contributed by atoms with Crippen molar-refractivity contribution in [3.05, 3.63) is 107 Å². The van der Waals surface area contributed by atoms with Crippen LogP contribution in [0.5, 0.6) is 0 Å². The zero-order valence-electron chi connectivity index (χ0n) is 20.0. The minimum absolute atomic E-state index is 0.0335. The molecule has 0 unspecified atom stereocenters. The Morgan fingerprint density at radius 1 is 0.921 bits per heavy atom. The number of nitrogens with one attached hydrogen (secondary N) is 1. The van der Waals surface area contributed by atoms with Gasteiger partial charge in [-0.3, -0.25) is 19.6 Å². The molecule has 4 heterocycles. The van der Waals surface area contributed by atoms with Gasteiger partial charge in [0.1, 0.15) is 5.69 Å². The van der Waals surface area contributed by atoms with Crippen molar-refractivity contribution in [3.8, 4) is 0 Å². The highest BCUT2D eigenvalue weighted by Crippen LogP contribution is 2.26. The van der Waals surface area contributed by atoms with E-state index < -0.39 is 17.8 Å². The number of hydrogen-bond donors (Lipinski definition) is 3. The maximum atomic E-state index is 12.3. The standard InChI is InChI=1S/C20H17N5O4.C6H6N2O/c26-17(22-9-13-5-7-21-8-6-13)19-24-16-11-25(12-23-18(16)29-19)10-14-1-3-15(4-2-14)20(27)28;7-6(9)5-1-3-8-4-2-5/h1-8,12H,9-11H2,(H,22,26)(H,27,28);1-4H,(H2,7,9). The average Bonchev–Trinajstić information content (AvgIpc) is 3.37. The summed E-state index contributed by atoms with van der Waals surface area (Å²) in [5, 5.41) is 11.7. The second kappa shape index (κ2) is 12.0. The summed E-state index contributed by atoms with van der Waals surface area (Å²) in [6.07, 6.45) is 7.99. The molecule has 0 saturated heterocycles. The lowest BCUT2D eigenvalue weighted by Gasteiger charge is -2.21. The van der Waals surface area contributed by atoms with Crippen molar-refractivity contribution in [2.75, 3.05) is 0 Å². The molecule has 5 rings (SSSR count). The minimum Gasteiger partial charge on any atom is -0.478 e. The number of carbonyl (C=O) groups excluding carboxylic acids is 2. The smallest absolute Gasteiger partial charge is 0.335 e. The highest BCUT2D eigenvalue weighted by atomic mass is 16.4. The topological polar surface area (TPSA) is 177 Å². The number of aromatic carboxylic acids is 1. The molecule has 4 N–H and O–H groups in total. The lowest BCUT2D eigenvalue weighted by atomic mass is 10.1. The molecule has 1 aromatic carbocycles. The highest BCUT2D eigenvalue weighted by molar-refractivity contribution is 5.92. The SMILES string of the molecule is NC(=O)c1ccncc1.O=C(O)c1ccc(CN2C=Nc3oc(C(=O)NCc4ccncc4)nc3C2)cc1. The fraction of sp³-hybridized carbons (Fsp3) is 0.115. The lowest BCUT2D eigenvalue weighted by Crippen LogP contribution is -2.24. The van der Waals surface area contributed by atoms with Gasteiger partial charge in [-0.1, -0.05) is 12.1 Å². The lowest BCUT2D eigenvalue weighted by molar-refractivity contribution is 0.0696. The van der Waals surface area contributed by atoms with Crippen molar-refractivity contribution in [3.63, 3.8) is 0 Å². The zero-order chi connectivity index (χ0) is 26.9. The molecule has 1 aliphatic rings. The summed E-state index contributed by atoms with van der Waals surface area (Å²) in [5.74, 6) is -1.51. The number of oxazole rings is 1. The van der Waals surface area contributed by atoms with Crippen LogP contribution in [-0.4, -0.2) is 49.1 Å². The van der Waals surface area contributed by atoms with Gasteiger partial charge < -0.3 is 25.5 Å². The number of rotatable bonds is 7. The molecular weight excluding hydrogens is 490 g/mol. The molecule has 2 amide bonds. The number of carboxylic acids is 1. The number of carboxylic acid groups (broad SMARTS) is 1. The average molecular weight is 514 g/mol. The third kappa shape index (κ3) is 6.85. The van der Waals surface area contributed by atoms with E-state index in [-0.39, 0.29) is 11.5 Å². The number of benzene rings is 1. The van der Waals surface area contributed by atoms with Crippen LogP contribution in [0.15, 0.2) is 82.7 Å². The second-order valence-electron chi connectivity index (χ2n) is 8.06. The molecule has 12 nitrogen and oxygen atoms in total. The summed E-state index contributed by atoms with van der Waals surface area (Å²) in [6, 6.07) is 13.4. The molecular formula is C26H23N7O5. The molecule has 0 radical (unpaired) electrons. The van der Waals surface area contributed by atoms with Crippen molar-refractivity contribution in [2.24, 2.45) is 10.7 Å². The van der Waals surface area contributed by atoms with Crippen LogP contribution < -0.4 is 11.1 Å². The summed E-state index contributed by atoms with van der Waals surface area (Å²) in [7, 11) is 0. The Kier molecular flexibility index (Phi) is 8.14. The number of carbonyl (C=O) groups is 3. The maximum Gasteiger partial charge on any atom is 0.335 e. The summed E-state index contributed by atoms with van der Waals surface area (Å²) < 4.78 is 5.47. The Morgan fingerprint density at radius 2 is 1.58 bits per heavy atom. The first-order valence-electron chi connectivity index (χ1n) is 11.4. The zero-order valence-corrected chi connectivity index (χ0v) is 20.0. The first-order chi connectivity index (χ1) is 18.4. The Morgan fingerprint density at radius 3 is 2.18 bits per heavy atom. The van der Waals surface area contributed by atoms with Gasteiger partial charge in [-0.05, 0) is 47.5 Å². The van der Waals surface area contributed by atoms with Crippen LogP contribution in [0.3, 0.4) is 0 Å². The molecule has 3 aromatic heterocycles. The minimum atomic E-state index is -0.960.